The number of hydrogen-bond donors (Lipinski definition) is 2. The van der Waals surface area contributed by atoms with E-state index < -0.39 is 5.97 Å². The van der Waals surface area contributed by atoms with Gasteiger partial charge in [-0.1, -0.05) is 0 Å². The third-order valence-electron chi connectivity index (χ3n) is 2.77. The molecule has 0 bridgehead atoms. The number of aliphatic carboxylic acids is 1. The van der Waals surface area contributed by atoms with Crippen LogP contribution in [0.25, 0.3) is 0 Å². The highest BCUT2D eigenvalue weighted by molar-refractivity contribution is 9.10. The van der Waals surface area contributed by atoms with Crippen molar-refractivity contribution in [1.82, 2.24) is 0 Å². The Morgan fingerprint density at radius 3 is 2.14 bits per heavy atom. The van der Waals surface area contributed by atoms with Crippen LogP contribution < -0.4 is 14.8 Å². The van der Waals surface area contributed by atoms with Crippen molar-refractivity contribution in [1.29, 1.82) is 0 Å². The molecule has 7 heteroatoms. The number of rotatable bonds is 8. The van der Waals surface area contributed by atoms with Gasteiger partial charge in [-0.3, -0.25) is 9.59 Å². The summed E-state index contributed by atoms with van der Waals surface area (Å²) in [4.78, 5) is 22.2. The second-order valence-electron chi connectivity index (χ2n) is 4.34. The van der Waals surface area contributed by atoms with Gasteiger partial charge >= 0.3 is 5.97 Å². The lowest BCUT2D eigenvalue weighted by Crippen LogP contribution is -2.11. The molecule has 1 amide bonds. The summed E-state index contributed by atoms with van der Waals surface area (Å²) >= 11 is 3.35. The number of amides is 1. The van der Waals surface area contributed by atoms with Crippen LogP contribution in [0.5, 0.6) is 11.5 Å². The molecular formula is C14H18BrNO5. The van der Waals surface area contributed by atoms with Crippen LogP contribution >= 0.6 is 15.9 Å². The van der Waals surface area contributed by atoms with Gasteiger partial charge in [0.05, 0.1) is 14.2 Å². The molecule has 6 nitrogen and oxygen atoms in total. The first-order valence-electron chi connectivity index (χ1n) is 6.41. The van der Waals surface area contributed by atoms with Crippen molar-refractivity contribution in [2.45, 2.75) is 25.7 Å². The topological polar surface area (TPSA) is 84.9 Å². The van der Waals surface area contributed by atoms with Gasteiger partial charge in [-0.2, -0.15) is 0 Å². The van der Waals surface area contributed by atoms with E-state index in [0.29, 0.717) is 34.5 Å². The first-order chi connectivity index (χ1) is 9.97. The number of methoxy groups -OCH3 is 2. The Bertz CT molecular complexity index is 493. The van der Waals surface area contributed by atoms with Gasteiger partial charge in [0.25, 0.3) is 0 Å². The molecule has 0 fully saturated rings. The summed E-state index contributed by atoms with van der Waals surface area (Å²) in [7, 11) is 3.05. The lowest BCUT2D eigenvalue weighted by molar-refractivity contribution is -0.137. The summed E-state index contributed by atoms with van der Waals surface area (Å²) in [5.74, 6) is 0.0793. The predicted octanol–water partition coefficient (Wildman–Crippen LogP) is 3.05. The third kappa shape index (κ3) is 5.63. The minimum Gasteiger partial charge on any atom is -0.495 e. The van der Waals surface area contributed by atoms with Crippen molar-refractivity contribution in [2.24, 2.45) is 0 Å². The van der Waals surface area contributed by atoms with Crippen molar-refractivity contribution in [3.63, 3.8) is 0 Å². The maximum absolute atomic E-state index is 11.8. The summed E-state index contributed by atoms with van der Waals surface area (Å²) in [6.45, 7) is 0. The minimum atomic E-state index is -0.849. The van der Waals surface area contributed by atoms with Crippen molar-refractivity contribution in [3.05, 3.63) is 16.6 Å². The summed E-state index contributed by atoms with van der Waals surface area (Å²) in [6.07, 6.45) is 1.36. The largest absolute Gasteiger partial charge is 0.495 e. The highest BCUT2D eigenvalue weighted by Gasteiger charge is 2.11. The standard InChI is InChI=1S/C14H18BrNO5/c1-20-10-7-9(8-11(21-2)14(10)15)16-12(17)5-3-4-6-13(18)19/h7-8H,3-6H2,1-2H3,(H,16,17)(H,18,19). The van der Waals surface area contributed by atoms with E-state index in [0.717, 1.165) is 0 Å². The molecule has 0 saturated carbocycles. The molecule has 0 aromatic heterocycles. The fourth-order valence-corrected chi connectivity index (χ4v) is 2.28. The van der Waals surface area contributed by atoms with Crippen molar-refractivity contribution in [2.75, 3.05) is 19.5 Å². The predicted molar refractivity (Wildman–Crippen MR) is 82.0 cm³/mol. The van der Waals surface area contributed by atoms with Gasteiger partial charge in [0.15, 0.2) is 0 Å². The molecule has 0 aliphatic rings. The second kappa shape index (κ2) is 8.51. The lowest BCUT2D eigenvalue weighted by Gasteiger charge is -2.12. The first-order valence-corrected chi connectivity index (χ1v) is 7.20. The summed E-state index contributed by atoms with van der Waals surface area (Å²) < 4.78 is 11.1. The number of halogens is 1. The van der Waals surface area contributed by atoms with Gasteiger partial charge in [-0.05, 0) is 28.8 Å². The highest BCUT2D eigenvalue weighted by Crippen LogP contribution is 2.37. The Morgan fingerprint density at radius 1 is 1.14 bits per heavy atom. The number of carbonyl (C=O) groups excluding carboxylic acids is 1. The number of carboxylic acid groups (broad SMARTS) is 1. The van der Waals surface area contributed by atoms with E-state index in [2.05, 4.69) is 21.2 Å². The number of anilines is 1. The smallest absolute Gasteiger partial charge is 0.303 e. The lowest BCUT2D eigenvalue weighted by atomic mass is 10.2. The second-order valence-corrected chi connectivity index (χ2v) is 5.14. The Labute approximate surface area is 131 Å². The fraction of sp³-hybridized carbons (Fsp3) is 0.429. The monoisotopic (exact) mass is 359 g/mol. The molecule has 1 aromatic carbocycles. The van der Waals surface area contributed by atoms with Crippen LogP contribution in [0.4, 0.5) is 5.69 Å². The molecule has 0 unspecified atom stereocenters. The van der Waals surface area contributed by atoms with Crippen LogP contribution in [0.3, 0.4) is 0 Å². The Kier molecular flexibility index (Phi) is 7.01. The maximum Gasteiger partial charge on any atom is 0.303 e. The van der Waals surface area contributed by atoms with Crippen molar-refractivity contribution >= 4 is 33.5 Å². The molecule has 1 rings (SSSR count). The Balaban J connectivity index is 2.61. The molecular weight excluding hydrogens is 342 g/mol. The third-order valence-corrected chi connectivity index (χ3v) is 3.56. The fourth-order valence-electron chi connectivity index (χ4n) is 1.73. The highest BCUT2D eigenvalue weighted by atomic mass is 79.9. The molecule has 0 heterocycles. The van der Waals surface area contributed by atoms with E-state index in [1.807, 2.05) is 0 Å². The van der Waals surface area contributed by atoms with Gasteiger partial charge < -0.3 is 19.9 Å². The normalized spacial score (nSPS) is 10.0. The van der Waals surface area contributed by atoms with E-state index in [1.54, 1.807) is 12.1 Å². The van der Waals surface area contributed by atoms with Crippen LogP contribution in [0, 0.1) is 0 Å². The van der Waals surface area contributed by atoms with Gasteiger partial charge in [0.2, 0.25) is 5.91 Å². The number of nitrogens with one attached hydrogen (secondary N) is 1. The average molecular weight is 360 g/mol. The summed E-state index contributed by atoms with van der Waals surface area (Å²) in [5, 5.41) is 11.3. The molecule has 116 valence electrons. The molecule has 0 aliphatic carbocycles. The van der Waals surface area contributed by atoms with Crippen LogP contribution in [-0.2, 0) is 9.59 Å². The Hall–Kier alpha value is -1.76. The SMILES string of the molecule is COc1cc(NC(=O)CCCCC(=O)O)cc(OC)c1Br. The summed E-state index contributed by atoms with van der Waals surface area (Å²) in [6, 6.07) is 3.36. The van der Waals surface area contributed by atoms with Crippen LogP contribution in [-0.4, -0.2) is 31.2 Å². The molecule has 1 aromatic rings. The van der Waals surface area contributed by atoms with Crippen molar-refractivity contribution in [3.8, 4) is 11.5 Å². The number of carboxylic acids is 1. The quantitative estimate of drug-likeness (QED) is 0.696. The maximum atomic E-state index is 11.8. The zero-order valence-corrected chi connectivity index (χ0v) is 13.5. The molecule has 0 aliphatic heterocycles. The molecule has 0 saturated heterocycles. The number of unbranched alkanes of at least 4 members (excludes halogenated alkanes) is 1. The van der Waals surface area contributed by atoms with Crippen LogP contribution in [0.1, 0.15) is 25.7 Å². The van der Waals surface area contributed by atoms with Gasteiger partial charge in [0.1, 0.15) is 16.0 Å². The summed E-state index contributed by atoms with van der Waals surface area (Å²) in [5.41, 5.74) is 0.565. The van der Waals surface area contributed by atoms with Crippen molar-refractivity contribution < 1.29 is 24.2 Å². The zero-order valence-electron chi connectivity index (χ0n) is 11.9. The van der Waals surface area contributed by atoms with E-state index in [-0.39, 0.29) is 18.7 Å². The van der Waals surface area contributed by atoms with Gasteiger partial charge in [-0.25, -0.2) is 0 Å². The molecule has 0 radical (unpaired) electrons. The minimum absolute atomic E-state index is 0.0766. The molecule has 21 heavy (non-hydrogen) atoms. The first kappa shape index (κ1) is 17.3. The Morgan fingerprint density at radius 2 is 1.67 bits per heavy atom. The van der Waals surface area contributed by atoms with Gasteiger partial charge in [-0.15, -0.1) is 0 Å². The van der Waals surface area contributed by atoms with E-state index in [4.69, 9.17) is 14.6 Å². The van der Waals surface area contributed by atoms with Crippen LogP contribution in [0.2, 0.25) is 0 Å². The van der Waals surface area contributed by atoms with E-state index >= 15 is 0 Å². The molecule has 2 N–H and O–H groups in total. The van der Waals surface area contributed by atoms with Crippen LogP contribution in [0.15, 0.2) is 16.6 Å². The average Bonchev–Trinajstić information content (AvgIpc) is 2.45. The number of hydrogen-bond acceptors (Lipinski definition) is 4. The number of carbonyl (C=O) groups is 2. The van der Waals surface area contributed by atoms with E-state index in [9.17, 15) is 9.59 Å². The number of ether oxygens (including phenoxy) is 2. The zero-order chi connectivity index (χ0) is 15.8. The molecule has 0 spiro atoms. The molecule has 0 atom stereocenters. The van der Waals surface area contributed by atoms with Gasteiger partial charge in [0, 0.05) is 30.7 Å². The van der Waals surface area contributed by atoms with E-state index in [1.165, 1.54) is 14.2 Å². The number of benzene rings is 1.